The SMILES string of the molecule is COc1ccc(C2=NC(NC(=O)[C@H](CCC(F)(F)F)[C@H](CCC(F)(F)F)C(=O)OC(C)(C)C)C(=O)Nc3ccccc32)cc1. The van der Waals surface area contributed by atoms with Gasteiger partial charge >= 0.3 is 18.3 Å². The van der Waals surface area contributed by atoms with Crippen LogP contribution in [0.4, 0.5) is 32.0 Å². The molecule has 2 aromatic rings. The number of ether oxygens (including phenoxy) is 2. The minimum Gasteiger partial charge on any atom is -0.497 e. The van der Waals surface area contributed by atoms with Crippen molar-refractivity contribution in [2.45, 2.75) is 70.6 Å². The Bertz CT molecular complexity index is 1370. The summed E-state index contributed by atoms with van der Waals surface area (Å²) in [6, 6.07) is 13.1. The van der Waals surface area contributed by atoms with E-state index in [2.05, 4.69) is 15.6 Å². The second kappa shape index (κ2) is 13.7. The van der Waals surface area contributed by atoms with Crippen molar-refractivity contribution in [3.05, 3.63) is 59.7 Å². The number of hydrogen-bond donors (Lipinski definition) is 2. The Morgan fingerprint density at radius 2 is 1.48 bits per heavy atom. The second-order valence-corrected chi connectivity index (χ2v) is 11.2. The highest BCUT2D eigenvalue weighted by Gasteiger charge is 2.42. The number of carbonyl (C=O) groups excluding carboxylic acids is 3. The molecule has 240 valence electrons. The first-order valence-electron chi connectivity index (χ1n) is 13.7. The van der Waals surface area contributed by atoms with Gasteiger partial charge in [-0.2, -0.15) is 26.3 Å². The third-order valence-corrected chi connectivity index (χ3v) is 6.60. The number of fused-ring (bicyclic) bond motifs is 1. The lowest BCUT2D eigenvalue weighted by Crippen LogP contribution is -2.48. The molecule has 3 rings (SSSR count). The Labute approximate surface area is 250 Å². The lowest BCUT2D eigenvalue weighted by Gasteiger charge is -2.30. The summed E-state index contributed by atoms with van der Waals surface area (Å²) in [5.74, 6) is -6.66. The number of benzene rings is 2. The number of nitrogens with one attached hydrogen (secondary N) is 2. The normalized spacial score (nSPS) is 16.9. The van der Waals surface area contributed by atoms with Crippen molar-refractivity contribution in [3.63, 3.8) is 0 Å². The minimum atomic E-state index is -4.79. The van der Waals surface area contributed by atoms with Crippen LogP contribution in [0.3, 0.4) is 0 Å². The zero-order chi connectivity index (χ0) is 32.9. The molecule has 0 aliphatic carbocycles. The highest BCUT2D eigenvalue weighted by Crippen LogP contribution is 2.34. The molecule has 14 heteroatoms. The molecule has 0 saturated heterocycles. The van der Waals surface area contributed by atoms with Crippen LogP contribution in [-0.4, -0.2) is 54.7 Å². The van der Waals surface area contributed by atoms with Crippen LogP contribution in [-0.2, 0) is 19.1 Å². The number of benzodiazepines with no additional fused rings is 1. The van der Waals surface area contributed by atoms with Gasteiger partial charge in [0, 0.05) is 24.0 Å². The number of hydrogen-bond acceptors (Lipinski definition) is 6. The van der Waals surface area contributed by atoms with Crippen LogP contribution < -0.4 is 15.4 Å². The Balaban J connectivity index is 2.03. The molecule has 2 N–H and O–H groups in total. The number of nitrogens with zero attached hydrogens (tertiary/aromatic N) is 1. The first kappa shape index (κ1) is 34.4. The van der Waals surface area contributed by atoms with Crippen LogP contribution >= 0.6 is 0 Å². The molecule has 0 bridgehead atoms. The van der Waals surface area contributed by atoms with Gasteiger partial charge in [0.15, 0.2) is 0 Å². The van der Waals surface area contributed by atoms with Crippen molar-refractivity contribution in [1.29, 1.82) is 0 Å². The number of esters is 1. The molecule has 1 aliphatic rings. The van der Waals surface area contributed by atoms with Gasteiger partial charge in [0.25, 0.3) is 5.91 Å². The molecule has 2 aromatic carbocycles. The van der Waals surface area contributed by atoms with Gasteiger partial charge in [-0.15, -0.1) is 0 Å². The van der Waals surface area contributed by atoms with Gasteiger partial charge in [-0.1, -0.05) is 18.2 Å². The summed E-state index contributed by atoms with van der Waals surface area (Å²) in [5.41, 5.74) is 0.324. The summed E-state index contributed by atoms with van der Waals surface area (Å²) >= 11 is 0. The van der Waals surface area contributed by atoms with Gasteiger partial charge in [-0.25, -0.2) is 4.99 Å². The zero-order valence-corrected chi connectivity index (χ0v) is 24.4. The molecule has 0 fully saturated rings. The van der Waals surface area contributed by atoms with Crippen LogP contribution in [0.5, 0.6) is 5.75 Å². The fourth-order valence-corrected chi connectivity index (χ4v) is 4.59. The van der Waals surface area contributed by atoms with Crippen molar-refractivity contribution in [2.75, 3.05) is 12.4 Å². The maximum atomic E-state index is 13.6. The summed E-state index contributed by atoms with van der Waals surface area (Å²) < 4.78 is 89.8. The highest BCUT2D eigenvalue weighted by atomic mass is 19.4. The van der Waals surface area contributed by atoms with Gasteiger partial charge in [-0.05, 0) is 63.9 Å². The number of anilines is 1. The lowest BCUT2D eigenvalue weighted by atomic mass is 9.83. The largest absolute Gasteiger partial charge is 0.497 e. The molecular formula is C30H33F6N3O5. The summed E-state index contributed by atoms with van der Waals surface area (Å²) in [6.45, 7) is 4.29. The van der Waals surface area contributed by atoms with E-state index >= 15 is 0 Å². The fraction of sp³-hybridized carbons (Fsp3) is 0.467. The number of para-hydroxylation sites is 1. The van der Waals surface area contributed by atoms with Crippen molar-refractivity contribution in [3.8, 4) is 5.75 Å². The number of rotatable bonds is 10. The first-order valence-corrected chi connectivity index (χ1v) is 13.7. The molecule has 8 nitrogen and oxygen atoms in total. The van der Waals surface area contributed by atoms with E-state index in [4.69, 9.17) is 9.47 Å². The predicted molar refractivity (Wildman–Crippen MR) is 149 cm³/mol. The van der Waals surface area contributed by atoms with Gasteiger partial charge < -0.3 is 20.1 Å². The quantitative estimate of drug-likeness (QED) is 0.241. The highest BCUT2D eigenvalue weighted by molar-refractivity contribution is 6.19. The number of amides is 2. The van der Waals surface area contributed by atoms with Gasteiger partial charge in [-0.3, -0.25) is 14.4 Å². The lowest BCUT2D eigenvalue weighted by molar-refractivity contribution is -0.171. The van der Waals surface area contributed by atoms with Crippen LogP contribution in [0.15, 0.2) is 53.5 Å². The molecule has 0 aromatic heterocycles. The third-order valence-electron chi connectivity index (χ3n) is 6.60. The third kappa shape index (κ3) is 9.98. The van der Waals surface area contributed by atoms with Crippen LogP contribution in [0, 0.1) is 11.8 Å². The summed E-state index contributed by atoms with van der Waals surface area (Å²) in [5, 5.41) is 4.89. The summed E-state index contributed by atoms with van der Waals surface area (Å²) in [4.78, 5) is 44.2. The molecule has 3 atom stereocenters. The summed E-state index contributed by atoms with van der Waals surface area (Å²) in [6.07, 6.45) is -16.4. The molecule has 1 unspecified atom stereocenters. The Morgan fingerprint density at radius 1 is 0.909 bits per heavy atom. The van der Waals surface area contributed by atoms with E-state index in [-0.39, 0.29) is 5.71 Å². The molecule has 0 saturated carbocycles. The van der Waals surface area contributed by atoms with E-state index in [9.17, 15) is 40.7 Å². The van der Waals surface area contributed by atoms with Gasteiger partial charge in [0.2, 0.25) is 12.1 Å². The number of alkyl halides is 6. The van der Waals surface area contributed by atoms with E-state index < -0.39 is 79.4 Å². The molecular weight excluding hydrogens is 596 g/mol. The van der Waals surface area contributed by atoms with Crippen LogP contribution in [0.25, 0.3) is 0 Å². The van der Waals surface area contributed by atoms with E-state index in [0.29, 0.717) is 22.6 Å². The molecule has 1 aliphatic heterocycles. The predicted octanol–water partition coefficient (Wildman–Crippen LogP) is 6.19. The number of aliphatic imine (C=N–C) groups is 1. The monoisotopic (exact) mass is 629 g/mol. The molecule has 2 amide bonds. The maximum Gasteiger partial charge on any atom is 0.389 e. The minimum absolute atomic E-state index is 0.236. The van der Waals surface area contributed by atoms with Crippen molar-refractivity contribution in [2.24, 2.45) is 16.8 Å². The Morgan fingerprint density at radius 3 is 2.02 bits per heavy atom. The van der Waals surface area contributed by atoms with Crippen molar-refractivity contribution < 1.29 is 50.2 Å². The van der Waals surface area contributed by atoms with E-state index in [1.54, 1.807) is 48.5 Å². The average molecular weight is 630 g/mol. The van der Waals surface area contributed by atoms with E-state index in [0.717, 1.165) is 0 Å². The molecule has 0 spiro atoms. The average Bonchev–Trinajstić information content (AvgIpc) is 3.04. The standard InChI is InChI=1S/C30H33F6N3O5/c1-28(2,3)44-27(42)20(14-16-30(34,35)36)19(13-15-29(31,32)33)25(40)39-24-26(41)37-22-8-6-5-7-21(22)23(38-24)17-9-11-18(43-4)12-10-17/h5-12,19-20,24H,13-16H2,1-4H3,(H,37,41)(H,39,40)/t19-,20+,24?/m1/s1. The molecule has 1 heterocycles. The zero-order valence-electron chi connectivity index (χ0n) is 24.4. The van der Waals surface area contributed by atoms with E-state index in [1.165, 1.54) is 27.9 Å². The van der Waals surface area contributed by atoms with Crippen LogP contribution in [0.1, 0.15) is 57.6 Å². The van der Waals surface area contributed by atoms with Crippen LogP contribution in [0.2, 0.25) is 0 Å². The number of carbonyl (C=O) groups is 3. The summed E-state index contributed by atoms with van der Waals surface area (Å²) in [7, 11) is 1.47. The van der Waals surface area contributed by atoms with Crippen molar-refractivity contribution in [1.82, 2.24) is 5.32 Å². The Hall–Kier alpha value is -4.10. The molecule has 0 radical (unpaired) electrons. The molecule has 44 heavy (non-hydrogen) atoms. The first-order chi connectivity index (χ1) is 20.4. The van der Waals surface area contributed by atoms with Crippen molar-refractivity contribution >= 4 is 29.2 Å². The maximum absolute atomic E-state index is 13.6. The second-order valence-electron chi connectivity index (χ2n) is 11.2. The van der Waals surface area contributed by atoms with E-state index in [1.807, 2.05) is 0 Å². The van der Waals surface area contributed by atoms with Gasteiger partial charge in [0.1, 0.15) is 11.4 Å². The smallest absolute Gasteiger partial charge is 0.389 e. The van der Waals surface area contributed by atoms with Gasteiger partial charge in [0.05, 0.1) is 30.3 Å². The fourth-order valence-electron chi connectivity index (χ4n) is 4.59. The number of halogens is 6. The Kier molecular flexibility index (Phi) is 10.7. The number of methoxy groups -OCH3 is 1. The topological polar surface area (TPSA) is 106 Å².